The number of hydrogen-bond donors (Lipinski definition) is 0. The van der Waals surface area contributed by atoms with Gasteiger partial charge in [-0.15, -0.1) is 0 Å². The van der Waals surface area contributed by atoms with E-state index < -0.39 is 18.0 Å². The van der Waals surface area contributed by atoms with Gasteiger partial charge in [-0.1, -0.05) is 42.5 Å². The van der Waals surface area contributed by atoms with Crippen LogP contribution in [-0.4, -0.2) is 18.5 Å². The van der Waals surface area contributed by atoms with Crippen molar-refractivity contribution in [2.24, 2.45) is 0 Å². The number of hydrogen-bond acceptors (Lipinski definition) is 4. The molecule has 0 aliphatic rings. The van der Waals surface area contributed by atoms with Crippen molar-refractivity contribution in [1.82, 2.24) is 0 Å². The Balaban J connectivity index is 2.81. The molecule has 0 bridgehead atoms. The van der Waals surface area contributed by atoms with Crippen LogP contribution in [0, 0.1) is 0 Å². The molecular weight excluding hydrogens is 232 g/mol. The number of rotatable bonds is 5. The molecule has 1 rings (SSSR count). The smallest absolute Gasteiger partial charge is 0.347 e. The Morgan fingerprint density at radius 2 is 1.94 bits per heavy atom. The van der Waals surface area contributed by atoms with Crippen molar-refractivity contribution < 1.29 is 19.1 Å². The zero-order valence-electron chi connectivity index (χ0n) is 10.5. The maximum atomic E-state index is 11.8. The first-order valence-electron chi connectivity index (χ1n) is 5.65. The lowest BCUT2D eigenvalue weighted by molar-refractivity contribution is -0.166. The van der Waals surface area contributed by atoms with Crippen molar-refractivity contribution in [3.63, 3.8) is 0 Å². The standard InChI is InChI=1S/C14H16O4/c1-3-4-10-17-13(14(16)18-11(2)15)12-8-6-5-7-9-12/h3-9,13H,10H2,1-2H3/b4-3+. The fourth-order valence-electron chi connectivity index (χ4n) is 1.37. The van der Waals surface area contributed by atoms with Crippen LogP contribution in [0.15, 0.2) is 42.5 Å². The van der Waals surface area contributed by atoms with Crippen LogP contribution in [0.5, 0.6) is 0 Å². The molecule has 0 radical (unpaired) electrons. The van der Waals surface area contributed by atoms with Gasteiger partial charge in [-0.2, -0.15) is 0 Å². The second-order valence-corrected chi connectivity index (χ2v) is 3.61. The first kappa shape index (κ1) is 14.1. The number of ether oxygens (including phenoxy) is 2. The maximum absolute atomic E-state index is 11.8. The third-order valence-electron chi connectivity index (χ3n) is 2.16. The largest absolute Gasteiger partial charge is 0.391 e. The van der Waals surface area contributed by atoms with E-state index in [1.54, 1.807) is 30.3 Å². The lowest BCUT2D eigenvalue weighted by atomic mass is 10.1. The predicted molar refractivity (Wildman–Crippen MR) is 66.7 cm³/mol. The van der Waals surface area contributed by atoms with E-state index >= 15 is 0 Å². The van der Waals surface area contributed by atoms with Gasteiger partial charge in [-0.05, 0) is 12.5 Å². The van der Waals surface area contributed by atoms with Gasteiger partial charge < -0.3 is 9.47 Å². The molecule has 0 saturated heterocycles. The molecule has 1 atom stereocenters. The van der Waals surface area contributed by atoms with Gasteiger partial charge in [0.05, 0.1) is 6.61 Å². The highest BCUT2D eigenvalue weighted by atomic mass is 16.6. The van der Waals surface area contributed by atoms with Crippen molar-refractivity contribution in [1.29, 1.82) is 0 Å². The van der Waals surface area contributed by atoms with E-state index in [4.69, 9.17) is 4.74 Å². The second kappa shape index (κ2) is 7.40. The highest BCUT2D eigenvalue weighted by Crippen LogP contribution is 2.19. The molecule has 18 heavy (non-hydrogen) atoms. The Morgan fingerprint density at radius 3 is 2.50 bits per heavy atom. The normalized spacial score (nSPS) is 12.3. The Hall–Kier alpha value is -1.94. The topological polar surface area (TPSA) is 52.6 Å². The van der Waals surface area contributed by atoms with Crippen molar-refractivity contribution in [3.8, 4) is 0 Å². The van der Waals surface area contributed by atoms with Gasteiger partial charge in [0, 0.05) is 6.92 Å². The number of allylic oxidation sites excluding steroid dienone is 1. The molecule has 4 nitrogen and oxygen atoms in total. The molecule has 1 aromatic rings. The van der Waals surface area contributed by atoms with E-state index in [2.05, 4.69) is 4.74 Å². The predicted octanol–water partition coefficient (Wildman–Crippen LogP) is 2.41. The summed E-state index contributed by atoms with van der Waals surface area (Å²) in [6.45, 7) is 3.32. The van der Waals surface area contributed by atoms with E-state index in [-0.39, 0.29) is 6.61 Å². The summed E-state index contributed by atoms with van der Waals surface area (Å²) in [6, 6.07) is 8.93. The van der Waals surface area contributed by atoms with Gasteiger partial charge in [0.1, 0.15) is 0 Å². The van der Waals surface area contributed by atoms with E-state index in [9.17, 15) is 9.59 Å². The summed E-state index contributed by atoms with van der Waals surface area (Å²) in [6.07, 6.45) is 2.71. The van der Waals surface area contributed by atoms with E-state index in [1.165, 1.54) is 6.92 Å². The molecule has 96 valence electrons. The summed E-state index contributed by atoms with van der Waals surface area (Å²) in [5, 5.41) is 0. The van der Waals surface area contributed by atoms with Gasteiger partial charge >= 0.3 is 11.9 Å². The fourth-order valence-corrected chi connectivity index (χ4v) is 1.37. The van der Waals surface area contributed by atoms with E-state index in [0.29, 0.717) is 5.56 Å². The fraction of sp³-hybridized carbons (Fsp3) is 0.286. The van der Waals surface area contributed by atoms with Crippen LogP contribution < -0.4 is 0 Å². The molecule has 0 spiro atoms. The third-order valence-corrected chi connectivity index (χ3v) is 2.16. The van der Waals surface area contributed by atoms with Gasteiger partial charge in [0.25, 0.3) is 0 Å². The average Bonchev–Trinajstić information content (AvgIpc) is 2.35. The first-order valence-corrected chi connectivity index (χ1v) is 5.65. The van der Waals surface area contributed by atoms with Gasteiger partial charge in [-0.3, -0.25) is 4.79 Å². The Kier molecular flexibility index (Phi) is 5.80. The van der Waals surface area contributed by atoms with Crippen LogP contribution in [0.4, 0.5) is 0 Å². The SMILES string of the molecule is C/C=C/COC(C(=O)OC(C)=O)c1ccccc1. The zero-order valence-corrected chi connectivity index (χ0v) is 10.5. The van der Waals surface area contributed by atoms with Gasteiger partial charge in [-0.25, -0.2) is 4.79 Å². The Morgan fingerprint density at radius 1 is 1.28 bits per heavy atom. The summed E-state index contributed by atoms with van der Waals surface area (Å²) in [7, 11) is 0. The minimum Gasteiger partial charge on any atom is -0.391 e. The summed E-state index contributed by atoms with van der Waals surface area (Å²) in [5.41, 5.74) is 0.660. The van der Waals surface area contributed by atoms with E-state index in [1.807, 2.05) is 19.1 Å². The maximum Gasteiger partial charge on any atom is 0.347 e. The lowest BCUT2D eigenvalue weighted by Gasteiger charge is -2.15. The van der Waals surface area contributed by atoms with Gasteiger partial charge in [0.2, 0.25) is 0 Å². The number of carbonyl (C=O) groups excluding carboxylic acids is 2. The molecule has 0 N–H and O–H groups in total. The third kappa shape index (κ3) is 4.51. The highest BCUT2D eigenvalue weighted by Gasteiger charge is 2.23. The van der Waals surface area contributed by atoms with Crippen LogP contribution in [0.25, 0.3) is 0 Å². The summed E-state index contributed by atoms with van der Waals surface area (Å²) >= 11 is 0. The molecule has 1 unspecified atom stereocenters. The summed E-state index contributed by atoms with van der Waals surface area (Å²) in [4.78, 5) is 22.6. The van der Waals surface area contributed by atoms with Crippen LogP contribution in [-0.2, 0) is 19.1 Å². The van der Waals surface area contributed by atoms with E-state index in [0.717, 1.165) is 0 Å². The zero-order chi connectivity index (χ0) is 13.4. The Bertz CT molecular complexity index is 423. The quantitative estimate of drug-likeness (QED) is 0.456. The van der Waals surface area contributed by atoms with Gasteiger partial charge in [0.15, 0.2) is 6.10 Å². The Labute approximate surface area is 106 Å². The summed E-state index contributed by atoms with van der Waals surface area (Å²) in [5.74, 6) is -1.34. The molecule has 0 aliphatic heterocycles. The lowest BCUT2D eigenvalue weighted by Crippen LogP contribution is -2.21. The molecule has 1 aromatic carbocycles. The summed E-state index contributed by atoms with van der Waals surface area (Å²) < 4.78 is 9.99. The number of carbonyl (C=O) groups is 2. The molecule has 0 fully saturated rings. The van der Waals surface area contributed by atoms with Crippen molar-refractivity contribution in [2.45, 2.75) is 20.0 Å². The van der Waals surface area contributed by atoms with Crippen molar-refractivity contribution in [3.05, 3.63) is 48.0 Å². The highest BCUT2D eigenvalue weighted by molar-refractivity contribution is 5.87. The average molecular weight is 248 g/mol. The van der Waals surface area contributed by atoms with Crippen LogP contribution in [0.2, 0.25) is 0 Å². The molecule has 0 saturated carbocycles. The van der Waals surface area contributed by atoms with Crippen LogP contribution >= 0.6 is 0 Å². The molecule has 4 heteroatoms. The molecule has 0 heterocycles. The molecule has 0 aliphatic carbocycles. The van der Waals surface area contributed by atoms with Crippen LogP contribution in [0.3, 0.4) is 0 Å². The first-order chi connectivity index (χ1) is 8.65. The minimum atomic E-state index is -0.883. The molecule has 0 aromatic heterocycles. The number of esters is 2. The monoisotopic (exact) mass is 248 g/mol. The van der Waals surface area contributed by atoms with Crippen molar-refractivity contribution in [2.75, 3.05) is 6.61 Å². The van der Waals surface area contributed by atoms with Crippen LogP contribution in [0.1, 0.15) is 25.5 Å². The minimum absolute atomic E-state index is 0.281. The molecular formula is C14H16O4. The number of benzene rings is 1. The second-order valence-electron chi connectivity index (χ2n) is 3.61. The molecule has 0 amide bonds. The van der Waals surface area contributed by atoms with Crippen molar-refractivity contribution >= 4 is 11.9 Å².